The molecule has 0 radical (unpaired) electrons. The van der Waals surface area contributed by atoms with Crippen LogP contribution in [-0.4, -0.2) is 12.3 Å². The molecule has 8 heteroatoms. The second-order valence-corrected chi connectivity index (χ2v) is 5.58. The third kappa shape index (κ3) is 4.11. The van der Waals surface area contributed by atoms with Crippen molar-refractivity contribution in [3.8, 4) is 5.75 Å². The molecule has 128 valence electrons. The van der Waals surface area contributed by atoms with Crippen LogP contribution < -0.4 is 15.8 Å². The molecule has 0 fully saturated rings. The van der Waals surface area contributed by atoms with Crippen molar-refractivity contribution in [3.05, 3.63) is 59.1 Å². The first kappa shape index (κ1) is 17.9. The van der Waals surface area contributed by atoms with Crippen LogP contribution in [0.3, 0.4) is 0 Å². The van der Waals surface area contributed by atoms with E-state index in [-0.39, 0.29) is 5.02 Å². The van der Waals surface area contributed by atoms with Crippen LogP contribution in [0.4, 0.5) is 18.9 Å². The van der Waals surface area contributed by atoms with Crippen LogP contribution in [0, 0.1) is 0 Å². The highest BCUT2D eigenvalue weighted by Gasteiger charge is 2.34. The van der Waals surface area contributed by atoms with Crippen molar-refractivity contribution in [1.29, 1.82) is 0 Å². The summed E-state index contributed by atoms with van der Waals surface area (Å²) in [4.78, 5) is 11.9. The van der Waals surface area contributed by atoms with Gasteiger partial charge in [0.2, 0.25) is 5.91 Å². The first-order chi connectivity index (χ1) is 11.1. The number of halogens is 4. The van der Waals surface area contributed by atoms with Crippen molar-refractivity contribution in [2.24, 2.45) is 5.73 Å². The average molecular weight is 359 g/mol. The molecule has 3 N–H and O–H groups in total. The summed E-state index contributed by atoms with van der Waals surface area (Å²) in [5, 5.41) is 2.65. The van der Waals surface area contributed by atoms with E-state index in [4.69, 9.17) is 17.3 Å². The maximum Gasteiger partial charge on any atom is 0.573 e. The fourth-order valence-corrected chi connectivity index (χ4v) is 2.34. The van der Waals surface area contributed by atoms with E-state index in [9.17, 15) is 18.0 Å². The SMILES string of the molecule is CC(Nc1ccc(OC(F)(F)F)c(Cl)c1)(C(N)=O)c1ccccc1. The predicted octanol–water partition coefficient (Wildman–Crippen LogP) is 4.05. The fourth-order valence-electron chi connectivity index (χ4n) is 2.12. The molecule has 0 spiro atoms. The quantitative estimate of drug-likeness (QED) is 0.847. The summed E-state index contributed by atoms with van der Waals surface area (Å²) >= 11 is 5.81. The normalized spacial score (nSPS) is 13.9. The molecule has 4 nitrogen and oxygen atoms in total. The Balaban J connectivity index is 2.31. The maximum absolute atomic E-state index is 12.3. The van der Waals surface area contributed by atoms with Crippen LogP contribution in [-0.2, 0) is 10.3 Å². The number of primary amides is 1. The molecular weight excluding hydrogens is 345 g/mol. The Kier molecular flexibility index (Phi) is 4.94. The number of carbonyl (C=O) groups is 1. The molecule has 0 aliphatic carbocycles. The first-order valence-electron chi connectivity index (χ1n) is 6.81. The van der Waals surface area contributed by atoms with Gasteiger partial charge in [-0.15, -0.1) is 13.2 Å². The highest BCUT2D eigenvalue weighted by molar-refractivity contribution is 6.32. The Morgan fingerprint density at radius 3 is 2.29 bits per heavy atom. The van der Waals surface area contributed by atoms with Crippen LogP contribution in [0.15, 0.2) is 48.5 Å². The van der Waals surface area contributed by atoms with Crippen LogP contribution in [0.2, 0.25) is 5.02 Å². The number of alkyl halides is 3. The largest absolute Gasteiger partial charge is 0.573 e. The van der Waals surface area contributed by atoms with E-state index in [1.54, 1.807) is 37.3 Å². The minimum Gasteiger partial charge on any atom is -0.404 e. The number of hydrogen-bond acceptors (Lipinski definition) is 3. The Hall–Kier alpha value is -2.41. The standard InChI is InChI=1S/C16H14ClF3N2O2/c1-15(14(21)23,10-5-3-2-4-6-10)22-11-7-8-13(12(17)9-11)24-16(18,19)20/h2-9,22H,1H3,(H2,21,23). The van der Waals surface area contributed by atoms with Gasteiger partial charge >= 0.3 is 6.36 Å². The van der Waals surface area contributed by atoms with Crippen LogP contribution in [0.1, 0.15) is 12.5 Å². The summed E-state index contributed by atoms with van der Waals surface area (Å²) < 4.78 is 40.6. The fraction of sp³-hybridized carbons (Fsp3) is 0.188. The number of ether oxygens (including phenoxy) is 1. The first-order valence-corrected chi connectivity index (χ1v) is 7.18. The van der Waals surface area contributed by atoms with Crippen molar-refractivity contribution in [1.82, 2.24) is 0 Å². The number of hydrogen-bond donors (Lipinski definition) is 2. The van der Waals surface area contributed by atoms with E-state index < -0.39 is 23.6 Å². The molecule has 0 aromatic heterocycles. The summed E-state index contributed by atoms with van der Waals surface area (Å²) in [5.74, 6) is -1.18. The zero-order valence-corrected chi connectivity index (χ0v) is 13.3. The minimum atomic E-state index is -4.84. The summed E-state index contributed by atoms with van der Waals surface area (Å²) in [5.41, 5.74) is 5.15. The van der Waals surface area contributed by atoms with Gasteiger partial charge in [-0.25, -0.2) is 0 Å². The molecule has 1 atom stereocenters. The van der Waals surface area contributed by atoms with Gasteiger partial charge in [0.1, 0.15) is 11.3 Å². The smallest absolute Gasteiger partial charge is 0.404 e. The Labute approximate surface area is 141 Å². The molecule has 0 saturated carbocycles. The lowest BCUT2D eigenvalue weighted by Gasteiger charge is -2.29. The van der Waals surface area contributed by atoms with Crippen molar-refractivity contribution < 1.29 is 22.7 Å². The van der Waals surface area contributed by atoms with Gasteiger partial charge in [-0.2, -0.15) is 0 Å². The second kappa shape index (κ2) is 6.60. The third-order valence-electron chi connectivity index (χ3n) is 3.40. The van der Waals surface area contributed by atoms with Crippen LogP contribution in [0.5, 0.6) is 5.75 Å². The number of nitrogens with two attached hydrogens (primary N) is 1. The second-order valence-electron chi connectivity index (χ2n) is 5.17. The van der Waals surface area contributed by atoms with Gasteiger partial charge < -0.3 is 15.8 Å². The number of nitrogens with one attached hydrogen (secondary N) is 1. The molecule has 0 heterocycles. The average Bonchev–Trinajstić information content (AvgIpc) is 2.49. The Morgan fingerprint density at radius 1 is 1.17 bits per heavy atom. The van der Waals surface area contributed by atoms with Gasteiger partial charge in [0.15, 0.2) is 0 Å². The Bertz CT molecular complexity index is 738. The van der Waals surface area contributed by atoms with Gasteiger partial charge in [-0.05, 0) is 30.7 Å². The van der Waals surface area contributed by atoms with E-state index in [0.29, 0.717) is 11.3 Å². The summed E-state index contributed by atoms with van der Waals surface area (Å²) in [6.07, 6.45) is -4.84. The molecule has 2 rings (SSSR count). The lowest BCUT2D eigenvalue weighted by Crippen LogP contribution is -2.45. The molecule has 1 amide bonds. The molecule has 2 aromatic rings. The molecule has 24 heavy (non-hydrogen) atoms. The van der Waals surface area contributed by atoms with Crippen LogP contribution in [0.25, 0.3) is 0 Å². The van der Waals surface area contributed by atoms with E-state index in [1.807, 2.05) is 0 Å². The highest BCUT2D eigenvalue weighted by Crippen LogP contribution is 2.34. The summed E-state index contributed by atoms with van der Waals surface area (Å²) in [7, 11) is 0. The van der Waals surface area contributed by atoms with Gasteiger partial charge in [-0.3, -0.25) is 4.79 Å². The van der Waals surface area contributed by atoms with Gasteiger partial charge in [0, 0.05) is 5.69 Å². The highest BCUT2D eigenvalue weighted by atomic mass is 35.5. The topological polar surface area (TPSA) is 64.3 Å². The Morgan fingerprint density at radius 2 is 1.79 bits per heavy atom. The zero-order chi connectivity index (χ0) is 18.0. The number of carbonyl (C=O) groups excluding carboxylic acids is 1. The minimum absolute atomic E-state index is 0.253. The van der Waals surface area contributed by atoms with Crippen molar-refractivity contribution in [2.45, 2.75) is 18.8 Å². The van der Waals surface area contributed by atoms with E-state index >= 15 is 0 Å². The molecule has 0 aliphatic heterocycles. The monoisotopic (exact) mass is 358 g/mol. The number of benzene rings is 2. The van der Waals surface area contributed by atoms with Gasteiger partial charge in [-0.1, -0.05) is 41.9 Å². The van der Waals surface area contributed by atoms with Crippen molar-refractivity contribution >= 4 is 23.2 Å². The maximum atomic E-state index is 12.3. The molecule has 0 bridgehead atoms. The molecule has 0 aliphatic rings. The zero-order valence-electron chi connectivity index (χ0n) is 12.5. The van der Waals surface area contributed by atoms with Crippen LogP contribution >= 0.6 is 11.6 Å². The van der Waals surface area contributed by atoms with Crippen molar-refractivity contribution in [2.75, 3.05) is 5.32 Å². The van der Waals surface area contributed by atoms with E-state index in [2.05, 4.69) is 10.1 Å². The van der Waals surface area contributed by atoms with E-state index in [0.717, 1.165) is 6.07 Å². The number of anilines is 1. The number of rotatable bonds is 5. The third-order valence-corrected chi connectivity index (χ3v) is 3.69. The van der Waals surface area contributed by atoms with Gasteiger partial charge in [0.05, 0.1) is 5.02 Å². The molecule has 2 aromatic carbocycles. The molecular formula is C16H14ClF3N2O2. The number of amides is 1. The van der Waals surface area contributed by atoms with E-state index in [1.165, 1.54) is 12.1 Å². The molecule has 1 unspecified atom stereocenters. The lowest BCUT2D eigenvalue weighted by molar-refractivity contribution is -0.274. The summed E-state index contributed by atoms with van der Waals surface area (Å²) in [6.45, 7) is 1.57. The molecule has 0 saturated heterocycles. The van der Waals surface area contributed by atoms with Gasteiger partial charge in [0.25, 0.3) is 0 Å². The lowest BCUT2D eigenvalue weighted by atomic mass is 9.91. The predicted molar refractivity (Wildman–Crippen MR) is 84.7 cm³/mol. The summed E-state index contributed by atoms with van der Waals surface area (Å²) in [6, 6.07) is 12.3. The van der Waals surface area contributed by atoms with Crippen molar-refractivity contribution in [3.63, 3.8) is 0 Å².